The van der Waals surface area contributed by atoms with E-state index in [1.807, 2.05) is 0 Å². The molecule has 0 saturated carbocycles. The minimum Gasteiger partial charge on any atom is -0.490 e. The maximum atomic E-state index is 13.2. The Morgan fingerprint density at radius 1 is 1.13 bits per heavy atom. The summed E-state index contributed by atoms with van der Waals surface area (Å²) in [5.41, 5.74) is 7.61. The lowest BCUT2D eigenvalue weighted by atomic mass is 10.1. The number of amides is 1. The van der Waals surface area contributed by atoms with Crippen LogP contribution >= 0.6 is 0 Å². The number of nitrogens with two attached hydrogens (primary N) is 1. The van der Waals surface area contributed by atoms with Gasteiger partial charge in [0.05, 0.1) is 41.4 Å². The minimum atomic E-state index is -4.49. The lowest BCUT2D eigenvalue weighted by molar-refractivity contribution is -0.137. The first-order valence-electron chi connectivity index (χ1n) is 9.00. The van der Waals surface area contributed by atoms with Crippen LogP contribution in [0.5, 0.6) is 5.75 Å². The predicted octanol–water partition coefficient (Wildman–Crippen LogP) is 3.52. The van der Waals surface area contributed by atoms with Crippen molar-refractivity contribution in [3.63, 3.8) is 0 Å². The number of nitrogens with zero attached hydrogens (tertiary/aromatic N) is 4. The van der Waals surface area contributed by atoms with Gasteiger partial charge in [0, 0.05) is 5.56 Å². The van der Waals surface area contributed by atoms with Gasteiger partial charge in [-0.05, 0) is 36.4 Å². The zero-order chi connectivity index (χ0) is 21.0. The number of carbonyl (C=O) groups excluding carboxylic acids is 1. The van der Waals surface area contributed by atoms with Crippen LogP contribution < -0.4 is 15.4 Å². The molecule has 1 aliphatic rings. The fourth-order valence-corrected chi connectivity index (χ4v) is 3.57. The van der Waals surface area contributed by atoms with E-state index in [9.17, 15) is 18.0 Å². The van der Waals surface area contributed by atoms with Crippen LogP contribution in [-0.2, 0) is 6.18 Å². The fourth-order valence-electron chi connectivity index (χ4n) is 3.57. The third-order valence-electron chi connectivity index (χ3n) is 5.02. The van der Waals surface area contributed by atoms with E-state index in [4.69, 9.17) is 10.5 Å². The molecular formula is C20H14F3N5O2. The van der Waals surface area contributed by atoms with Crippen molar-refractivity contribution < 1.29 is 22.7 Å². The van der Waals surface area contributed by atoms with Crippen LogP contribution in [0.2, 0.25) is 0 Å². The van der Waals surface area contributed by atoms with Crippen molar-refractivity contribution in [3.8, 4) is 5.75 Å². The number of halogens is 3. The van der Waals surface area contributed by atoms with Gasteiger partial charge in [0.1, 0.15) is 23.7 Å². The molecule has 0 aliphatic carbocycles. The van der Waals surface area contributed by atoms with Crippen LogP contribution in [0.3, 0.4) is 0 Å². The Hall–Kier alpha value is -3.82. The second kappa shape index (κ2) is 6.34. The molecule has 1 aliphatic heterocycles. The van der Waals surface area contributed by atoms with Crippen LogP contribution in [0.15, 0.2) is 48.9 Å². The molecule has 4 aromatic rings. The lowest BCUT2D eigenvalue weighted by Crippen LogP contribution is -2.38. The van der Waals surface area contributed by atoms with E-state index in [-0.39, 0.29) is 24.8 Å². The summed E-state index contributed by atoms with van der Waals surface area (Å²) in [6.07, 6.45) is -1.34. The van der Waals surface area contributed by atoms with Crippen LogP contribution in [0, 0.1) is 0 Å². The van der Waals surface area contributed by atoms with Gasteiger partial charge in [0.2, 0.25) is 0 Å². The standard InChI is InChI=1S/C20H14F3N5O2/c21-20(22,23)12-2-4-14-17(8-12)30-6-5-27(14)19(29)11-1-3-13-15(7-11)28-10-25-9-16(28)18(24)26-13/h1-4,7-10H,5-6H2,(H2,24,26). The number of alkyl halides is 3. The van der Waals surface area contributed by atoms with Gasteiger partial charge in [-0.25, -0.2) is 9.97 Å². The molecular weight excluding hydrogens is 399 g/mol. The summed E-state index contributed by atoms with van der Waals surface area (Å²) in [4.78, 5) is 23.0. The maximum absolute atomic E-state index is 13.2. The Bertz CT molecular complexity index is 1320. The topological polar surface area (TPSA) is 85.8 Å². The Morgan fingerprint density at radius 2 is 1.97 bits per heavy atom. The number of rotatable bonds is 1. The lowest BCUT2D eigenvalue weighted by Gasteiger charge is -2.30. The molecule has 152 valence electrons. The highest BCUT2D eigenvalue weighted by molar-refractivity contribution is 6.08. The summed E-state index contributed by atoms with van der Waals surface area (Å²) in [7, 11) is 0. The van der Waals surface area contributed by atoms with Gasteiger partial charge in [0.15, 0.2) is 0 Å². The molecule has 3 heterocycles. The quantitative estimate of drug-likeness (QED) is 0.516. The molecule has 1 amide bonds. The fraction of sp³-hybridized carbons (Fsp3) is 0.150. The largest absolute Gasteiger partial charge is 0.490 e. The zero-order valence-electron chi connectivity index (χ0n) is 15.3. The van der Waals surface area contributed by atoms with Crippen molar-refractivity contribution in [1.82, 2.24) is 14.4 Å². The molecule has 0 spiro atoms. The molecule has 2 aromatic heterocycles. The first-order chi connectivity index (χ1) is 14.3. The van der Waals surface area contributed by atoms with E-state index in [0.29, 0.717) is 33.6 Å². The van der Waals surface area contributed by atoms with E-state index in [1.54, 1.807) is 35.1 Å². The molecule has 5 rings (SSSR count). The number of imidazole rings is 1. The number of hydrogen-bond acceptors (Lipinski definition) is 5. The van der Waals surface area contributed by atoms with Crippen LogP contribution in [-0.4, -0.2) is 33.4 Å². The number of hydrogen-bond donors (Lipinski definition) is 1. The number of benzene rings is 2. The van der Waals surface area contributed by atoms with E-state index >= 15 is 0 Å². The monoisotopic (exact) mass is 413 g/mol. The first-order valence-corrected chi connectivity index (χ1v) is 9.00. The van der Waals surface area contributed by atoms with Gasteiger partial charge in [-0.1, -0.05) is 0 Å². The molecule has 2 aromatic carbocycles. The molecule has 0 bridgehead atoms. The van der Waals surface area contributed by atoms with Crippen molar-refractivity contribution in [1.29, 1.82) is 0 Å². The number of nitrogen functional groups attached to an aromatic ring is 1. The van der Waals surface area contributed by atoms with Crippen molar-refractivity contribution >= 4 is 34.0 Å². The molecule has 0 unspecified atom stereocenters. The molecule has 10 heteroatoms. The first kappa shape index (κ1) is 18.2. The van der Waals surface area contributed by atoms with E-state index in [0.717, 1.165) is 12.1 Å². The molecule has 2 N–H and O–H groups in total. The van der Waals surface area contributed by atoms with Crippen molar-refractivity contribution in [3.05, 3.63) is 60.0 Å². The minimum absolute atomic E-state index is 0.0247. The molecule has 0 fully saturated rings. The van der Waals surface area contributed by atoms with Crippen LogP contribution in [0.25, 0.3) is 16.6 Å². The van der Waals surface area contributed by atoms with Gasteiger partial charge >= 0.3 is 6.18 Å². The van der Waals surface area contributed by atoms with Gasteiger partial charge in [0.25, 0.3) is 5.91 Å². The van der Waals surface area contributed by atoms with Crippen LogP contribution in [0.1, 0.15) is 15.9 Å². The summed E-state index contributed by atoms with van der Waals surface area (Å²) >= 11 is 0. The van der Waals surface area contributed by atoms with E-state index in [2.05, 4.69) is 9.97 Å². The smallest absolute Gasteiger partial charge is 0.416 e. The highest BCUT2D eigenvalue weighted by Gasteiger charge is 2.33. The second-order valence-electron chi connectivity index (χ2n) is 6.83. The van der Waals surface area contributed by atoms with Gasteiger partial charge in [-0.2, -0.15) is 13.2 Å². The van der Waals surface area contributed by atoms with Crippen molar-refractivity contribution in [2.45, 2.75) is 6.18 Å². The normalized spacial score (nSPS) is 14.0. The summed E-state index contributed by atoms with van der Waals surface area (Å²) < 4.78 is 46.1. The second-order valence-corrected chi connectivity index (χ2v) is 6.83. The SMILES string of the molecule is Nc1nc2ccc(C(=O)N3CCOc4cc(C(F)(F)F)ccc43)cc2n2cncc12. The van der Waals surface area contributed by atoms with E-state index < -0.39 is 11.7 Å². The average molecular weight is 413 g/mol. The Labute approximate surface area is 167 Å². The Kier molecular flexibility index (Phi) is 3.85. The highest BCUT2D eigenvalue weighted by atomic mass is 19.4. The zero-order valence-corrected chi connectivity index (χ0v) is 15.3. The van der Waals surface area contributed by atoms with Crippen molar-refractivity contribution in [2.24, 2.45) is 0 Å². The third kappa shape index (κ3) is 2.79. The third-order valence-corrected chi connectivity index (χ3v) is 5.02. The molecule has 30 heavy (non-hydrogen) atoms. The van der Waals surface area contributed by atoms with E-state index in [1.165, 1.54) is 11.0 Å². The average Bonchev–Trinajstić information content (AvgIpc) is 3.22. The van der Waals surface area contributed by atoms with Crippen LogP contribution in [0.4, 0.5) is 24.7 Å². The number of aromatic nitrogens is 3. The number of carbonyl (C=O) groups is 1. The Balaban J connectivity index is 1.57. The van der Waals surface area contributed by atoms with Gasteiger partial charge < -0.3 is 15.4 Å². The number of fused-ring (bicyclic) bond motifs is 4. The molecule has 0 saturated heterocycles. The highest BCUT2D eigenvalue weighted by Crippen LogP contribution is 2.38. The molecule has 7 nitrogen and oxygen atoms in total. The van der Waals surface area contributed by atoms with Gasteiger partial charge in [-0.15, -0.1) is 0 Å². The molecule has 0 atom stereocenters. The molecule has 0 radical (unpaired) electrons. The summed E-state index contributed by atoms with van der Waals surface area (Å²) in [5.74, 6) is -0.00962. The van der Waals surface area contributed by atoms with Gasteiger partial charge in [-0.3, -0.25) is 9.20 Å². The van der Waals surface area contributed by atoms with Crippen molar-refractivity contribution in [2.75, 3.05) is 23.8 Å². The summed E-state index contributed by atoms with van der Waals surface area (Å²) in [5, 5.41) is 0. The number of ether oxygens (including phenoxy) is 1. The number of anilines is 2. The predicted molar refractivity (Wildman–Crippen MR) is 104 cm³/mol. The Morgan fingerprint density at radius 3 is 2.77 bits per heavy atom. The summed E-state index contributed by atoms with van der Waals surface area (Å²) in [6, 6.07) is 8.06. The summed E-state index contributed by atoms with van der Waals surface area (Å²) in [6.45, 7) is 0.313. The maximum Gasteiger partial charge on any atom is 0.416 e.